The van der Waals surface area contributed by atoms with Crippen molar-refractivity contribution in [2.75, 3.05) is 38.2 Å². The van der Waals surface area contributed by atoms with E-state index in [1.807, 2.05) is 11.0 Å². The van der Waals surface area contributed by atoms with Gasteiger partial charge in [0, 0.05) is 37.9 Å². The maximum atomic E-state index is 13.7. The SMILES string of the molecule is COc1cc(N2CCN(C(C=O)n3nc(C(F)(F)F)c(Cl)c3C(O)c3ccccc3)CC2)ccc1Cl. The van der Waals surface area contributed by atoms with Crippen LogP contribution in [0.25, 0.3) is 0 Å². The van der Waals surface area contributed by atoms with Crippen molar-refractivity contribution in [2.24, 2.45) is 0 Å². The fourth-order valence-electron chi connectivity index (χ4n) is 4.24. The summed E-state index contributed by atoms with van der Waals surface area (Å²) in [4.78, 5) is 16.0. The van der Waals surface area contributed by atoms with E-state index in [-0.39, 0.29) is 5.69 Å². The number of alkyl halides is 3. The van der Waals surface area contributed by atoms with Crippen molar-refractivity contribution in [1.82, 2.24) is 14.7 Å². The Bertz CT molecular complexity index is 1220. The van der Waals surface area contributed by atoms with E-state index in [2.05, 4.69) is 5.10 Å². The number of piperazine rings is 1. The van der Waals surface area contributed by atoms with Gasteiger partial charge < -0.3 is 14.7 Å². The predicted octanol–water partition coefficient (Wildman–Crippen LogP) is 4.82. The lowest BCUT2D eigenvalue weighted by molar-refractivity contribution is -0.142. The molecule has 1 N–H and O–H groups in total. The van der Waals surface area contributed by atoms with Crippen LogP contribution >= 0.6 is 23.2 Å². The molecule has 192 valence electrons. The summed E-state index contributed by atoms with van der Waals surface area (Å²) in [5, 5.41) is 14.4. The highest BCUT2D eigenvalue weighted by Gasteiger charge is 2.42. The first-order valence-corrected chi connectivity index (χ1v) is 11.8. The van der Waals surface area contributed by atoms with Crippen LogP contribution in [0, 0.1) is 0 Å². The second kappa shape index (κ2) is 10.7. The van der Waals surface area contributed by atoms with Gasteiger partial charge in [0.25, 0.3) is 0 Å². The molecule has 1 aliphatic heterocycles. The van der Waals surface area contributed by atoms with Gasteiger partial charge in [0.05, 0.1) is 22.8 Å². The zero-order chi connectivity index (χ0) is 26.0. The van der Waals surface area contributed by atoms with Gasteiger partial charge in [-0.1, -0.05) is 53.5 Å². The summed E-state index contributed by atoms with van der Waals surface area (Å²) in [6, 6.07) is 13.5. The molecule has 3 aromatic rings. The van der Waals surface area contributed by atoms with Gasteiger partial charge in [-0.3, -0.25) is 9.69 Å². The first kappa shape index (κ1) is 26.3. The monoisotopic (exact) mass is 542 g/mol. The Hall–Kier alpha value is -2.79. The molecular weight excluding hydrogens is 520 g/mol. The molecule has 0 spiro atoms. The van der Waals surface area contributed by atoms with Gasteiger partial charge >= 0.3 is 6.18 Å². The summed E-state index contributed by atoms with van der Waals surface area (Å²) in [5.41, 5.74) is -0.467. The third-order valence-electron chi connectivity index (χ3n) is 6.09. The number of aldehydes is 1. The highest BCUT2D eigenvalue weighted by molar-refractivity contribution is 6.32. The van der Waals surface area contributed by atoms with Crippen molar-refractivity contribution in [2.45, 2.75) is 18.4 Å². The van der Waals surface area contributed by atoms with Crippen LogP contribution in [0.4, 0.5) is 18.9 Å². The van der Waals surface area contributed by atoms with Crippen LogP contribution in [-0.4, -0.2) is 59.4 Å². The van der Waals surface area contributed by atoms with Gasteiger partial charge in [-0.25, -0.2) is 4.68 Å². The lowest BCUT2D eigenvalue weighted by Gasteiger charge is -2.39. The summed E-state index contributed by atoms with van der Waals surface area (Å²) in [7, 11) is 1.52. The van der Waals surface area contributed by atoms with Crippen LogP contribution in [0.1, 0.15) is 29.2 Å². The van der Waals surface area contributed by atoms with Crippen LogP contribution in [-0.2, 0) is 11.0 Å². The molecule has 1 aromatic heterocycles. The molecule has 2 aromatic carbocycles. The Morgan fingerprint density at radius 2 is 1.75 bits per heavy atom. The highest BCUT2D eigenvalue weighted by Crippen LogP contribution is 2.40. The summed E-state index contributed by atoms with van der Waals surface area (Å²) in [6.45, 7) is 1.64. The lowest BCUT2D eigenvalue weighted by atomic mass is 10.1. The minimum atomic E-state index is -4.87. The topological polar surface area (TPSA) is 70.8 Å². The summed E-state index contributed by atoms with van der Waals surface area (Å²) in [6.07, 6.45) is -7.08. The standard InChI is InChI=1S/C24H23Cl2F3N4O3/c1-36-18-13-16(7-8-17(18)25)31-9-11-32(12-10-31)19(14-34)33-21(20(26)23(30-33)24(27,28)29)22(35)15-5-3-2-4-6-15/h2-8,13-14,19,22,35H,9-12H2,1H3. The molecule has 2 heterocycles. The van der Waals surface area contributed by atoms with E-state index in [0.717, 1.165) is 10.4 Å². The largest absolute Gasteiger partial charge is 0.495 e. The first-order chi connectivity index (χ1) is 17.2. The van der Waals surface area contributed by atoms with Gasteiger partial charge in [0.2, 0.25) is 0 Å². The number of aliphatic hydroxyl groups excluding tert-OH is 1. The van der Waals surface area contributed by atoms with Crippen molar-refractivity contribution in [3.05, 3.63) is 75.5 Å². The van der Waals surface area contributed by atoms with Gasteiger partial charge in [-0.05, 0) is 17.7 Å². The second-order valence-electron chi connectivity index (χ2n) is 8.19. The fourth-order valence-corrected chi connectivity index (χ4v) is 4.77. The van der Waals surface area contributed by atoms with Crippen molar-refractivity contribution in [1.29, 1.82) is 0 Å². The number of carbonyl (C=O) groups is 1. The maximum Gasteiger partial charge on any atom is 0.436 e. The number of nitrogens with zero attached hydrogens (tertiary/aromatic N) is 4. The number of methoxy groups -OCH3 is 1. The average molecular weight is 543 g/mol. The number of carbonyl (C=O) groups excluding carboxylic acids is 1. The van der Waals surface area contributed by atoms with E-state index in [1.165, 1.54) is 7.11 Å². The van der Waals surface area contributed by atoms with Gasteiger partial charge in [0.15, 0.2) is 18.1 Å². The Balaban J connectivity index is 1.63. The normalized spacial score (nSPS) is 16.6. The molecule has 1 aliphatic rings. The van der Waals surface area contributed by atoms with Crippen LogP contribution in [0.2, 0.25) is 10.0 Å². The Morgan fingerprint density at radius 1 is 1.08 bits per heavy atom. The number of halogens is 5. The summed E-state index contributed by atoms with van der Waals surface area (Å²) in [5.74, 6) is 0.521. The van der Waals surface area contributed by atoms with E-state index >= 15 is 0 Å². The van der Waals surface area contributed by atoms with Crippen LogP contribution < -0.4 is 9.64 Å². The molecule has 0 bridgehead atoms. The number of hydrogen-bond acceptors (Lipinski definition) is 6. The molecule has 0 aliphatic carbocycles. The Labute approximate surface area is 215 Å². The minimum Gasteiger partial charge on any atom is -0.495 e. The number of benzene rings is 2. The van der Waals surface area contributed by atoms with E-state index in [4.69, 9.17) is 27.9 Å². The number of hydrogen-bond donors (Lipinski definition) is 1. The van der Waals surface area contributed by atoms with Gasteiger partial charge in [-0.2, -0.15) is 18.3 Å². The Morgan fingerprint density at radius 3 is 2.33 bits per heavy atom. The number of anilines is 1. The zero-order valence-corrected chi connectivity index (χ0v) is 20.6. The quantitative estimate of drug-likeness (QED) is 0.431. The molecule has 36 heavy (non-hydrogen) atoms. The van der Waals surface area contributed by atoms with Gasteiger partial charge in [0.1, 0.15) is 11.9 Å². The predicted molar refractivity (Wildman–Crippen MR) is 130 cm³/mol. The van der Waals surface area contributed by atoms with E-state index < -0.39 is 29.2 Å². The number of rotatable bonds is 7. The van der Waals surface area contributed by atoms with Gasteiger partial charge in [-0.15, -0.1) is 0 Å². The van der Waals surface area contributed by atoms with Crippen LogP contribution in [0.15, 0.2) is 48.5 Å². The second-order valence-corrected chi connectivity index (χ2v) is 8.98. The molecule has 1 fully saturated rings. The zero-order valence-electron chi connectivity index (χ0n) is 19.1. The molecule has 2 unspecified atom stereocenters. The summed E-state index contributed by atoms with van der Waals surface area (Å²) < 4.78 is 47.2. The third-order valence-corrected chi connectivity index (χ3v) is 6.78. The van der Waals surface area contributed by atoms with Crippen LogP contribution in [0.5, 0.6) is 5.75 Å². The maximum absolute atomic E-state index is 13.7. The molecule has 2 atom stereocenters. The van der Waals surface area contributed by atoms with Crippen molar-refractivity contribution >= 4 is 35.2 Å². The smallest absolute Gasteiger partial charge is 0.436 e. The fraction of sp³-hybridized carbons (Fsp3) is 0.333. The molecule has 12 heteroatoms. The number of ether oxygens (including phenoxy) is 1. The highest BCUT2D eigenvalue weighted by atomic mass is 35.5. The lowest BCUT2D eigenvalue weighted by Crippen LogP contribution is -2.49. The van der Waals surface area contributed by atoms with Crippen LogP contribution in [0.3, 0.4) is 0 Å². The molecular formula is C24H23Cl2F3N4O3. The third kappa shape index (κ3) is 5.17. The van der Waals surface area contributed by atoms with Crippen molar-refractivity contribution in [3.63, 3.8) is 0 Å². The molecule has 7 nitrogen and oxygen atoms in total. The molecule has 4 rings (SSSR count). The molecule has 0 saturated carbocycles. The molecule has 0 radical (unpaired) electrons. The number of aliphatic hydroxyl groups is 1. The number of aromatic nitrogens is 2. The Kier molecular flexibility index (Phi) is 7.79. The summed E-state index contributed by atoms with van der Waals surface area (Å²) >= 11 is 12.2. The molecule has 1 saturated heterocycles. The van der Waals surface area contributed by atoms with Crippen molar-refractivity contribution < 1.29 is 27.8 Å². The van der Waals surface area contributed by atoms with E-state index in [9.17, 15) is 23.1 Å². The first-order valence-electron chi connectivity index (χ1n) is 11.0. The molecule has 0 amide bonds. The minimum absolute atomic E-state index is 0.294. The van der Waals surface area contributed by atoms with E-state index in [1.54, 1.807) is 47.4 Å². The van der Waals surface area contributed by atoms with E-state index in [0.29, 0.717) is 48.8 Å². The van der Waals surface area contributed by atoms with Crippen molar-refractivity contribution in [3.8, 4) is 5.75 Å². The average Bonchev–Trinajstić information content (AvgIpc) is 3.22.